The molecule has 0 saturated carbocycles. The van der Waals surface area contributed by atoms with Gasteiger partial charge in [0, 0.05) is 66.7 Å². The van der Waals surface area contributed by atoms with E-state index in [2.05, 4.69) is 31.0 Å². The number of nitrogens with zero attached hydrogens (tertiary/aromatic N) is 7. The number of carbonyl (C=O) groups excluding carboxylic acids is 1. The van der Waals surface area contributed by atoms with Gasteiger partial charge < -0.3 is 9.88 Å². The van der Waals surface area contributed by atoms with Crippen LogP contribution < -0.4 is 0 Å². The van der Waals surface area contributed by atoms with Crippen LogP contribution >= 0.6 is 0 Å². The standard InChI is InChI=1S/C32H27F3N8O/c33-26-4-2-20(13-28(26)35)24-3-1-21(14-27(24)34)31(44)41-11-6-23(7-12-41)42-17-32(18-42,8-9-36)43-16-22(15-40-43)29-25-5-10-37-30(25)39-19-38-29/h1-5,10,13-16,19,23H,6-8,11-12,17-18H2,(H,37,38,39). The first-order valence-electron chi connectivity index (χ1n) is 14.3. The number of rotatable bonds is 6. The summed E-state index contributed by atoms with van der Waals surface area (Å²) in [4.78, 5) is 29.1. The highest BCUT2D eigenvalue weighted by molar-refractivity contribution is 5.95. The molecule has 0 unspecified atom stereocenters. The summed E-state index contributed by atoms with van der Waals surface area (Å²) >= 11 is 0. The first kappa shape index (κ1) is 27.8. The topological polar surface area (TPSA) is 107 Å². The van der Waals surface area contributed by atoms with Crippen LogP contribution in [-0.2, 0) is 5.54 Å². The van der Waals surface area contributed by atoms with Gasteiger partial charge in [-0.1, -0.05) is 12.1 Å². The minimum absolute atomic E-state index is 0.0943. The molecule has 1 N–H and O–H groups in total. The Labute approximate surface area is 250 Å². The van der Waals surface area contributed by atoms with Gasteiger partial charge in [-0.2, -0.15) is 10.4 Å². The zero-order valence-electron chi connectivity index (χ0n) is 23.6. The summed E-state index contributed by atoms with van der Waals surface area (Å²) in [7, 11) is 0. The van der Waals surface area contributed by atoms with Gasteiger partial charge in [0.1, 0.15) is 23.3 Å². The Morgan fingerprint density at radius 2 is 1.82 bits per heavy atom. The lowest BCUT2D eigenvalue weighted by molar-refractivity contribution is -0.0412. The molecule has 0 bridgehead atoms. The van der Waals surface area contributed by atoms with Crippen LogP contribution in [0.4, 0.5) is 13.2 Å². The third-order valence-corrected chi connectivity index (χ3v) is 8.81. The molecule has 0 aliphatic carbocycles. The van der Waals surface area contributed by atoms with E-state index in [1.54, 1.807) is 11.1 Å². The lowest BCUT2D eigenvalue weighted by Crippen LogP contribution is -2.66. The van der Waals surface area contributed by atoms with E-state index < -0.39 is 23.0 Å². The highest BCUT2D eigenvalue weighted by atomic mass is 19.2. The molecule has 1 amide bonds. The van der Waals surface area contributed by atoms with Crippen molar-refractivity contribution in [2.24, 2.45) is 0 Å². The van der Waals surface area contributed by atoms with Crippen LogP contribution in [0.25, 0.3) is 33.4 Å². The molecular weight excluding hydrogens is 569 g/mol. The van der Waals surface area contributed by atoms with E-state index in [1.165, 1.54) is 24.5 Å². The number of carbonyl (C=O) groups is 1. The largest absolute Gasteiger partial charge is 0.346 e. The molecule has 2 aliphatic heterocycles. The summed E-state index contributed by atoms with van der Waals surface area (Å²) in [5.41, 5.74) is 2.43. The second-order valence-electron chi connectivity index (χ2n) is 11.4. The molecule has 0 spiro atoms. The van der Waals surface area contributed by atoms with Gasteiger partial charge in [-0.3, -0.25) is 14.4 Å². The van der Waals surface area contributed by atoms with Crippen molar-refractivity contribution >= 4 is 16.9 Å². The van der Waals surface area contributed by atoms with Crippen molar-refractivity contribution in [2.75, 3.05) is 26.2 Å². The van der Waals surface area contributed by atoms with E-state index >= 15 is 0 Å². The highest BCUT2D eigenvalue weighted by Crippen LogP contribution is 2.37. The third kappa shape index (κ3) is 4.79. The fourth-order valence-electron chi connectivity index (χ4n) is 6.42. The molecule has 2 aliphatic rings. The van der Waals surface area contributed by atoms with Crippen LogP contribution in [0, 0.1) is 28.8 Å². The number of hydrogen-bond donors (Lipinski definition) is 1. The van der Waals surface area contributed by atoms with Crippen LogP contribution in [-0.4, -0.2) is 72.7 Å². The zero-order chi connectivity index (χ0) is 30.4. The fourth-order valence-corrected chi connectivity index (χ4v) is 6.42. The second-order valence-corrected chi connectivity index (χ2v) is 11.4. The number of fused-ring (bicyclic) bond motifs is 1. The predicted octanol–water partition coefficient (Wildman–Crippen LogP) is 5.14. The normalized spacial score (nSPS) is 17.0. The van der Waals surface area contributed by atoms with E-state index in [9.17, 15) is 23.2 Å². The average molecular weight is 597 g/mol. The summed E-state index contributed by atoms with van der Waals surface area (Å²) in [6, 6.07) is 11.8. The summed E-state index contributed by atoms with van der Waals surface area (Å²) < 4.78 is 43.7. The molecule has 2 fully saturated rings. The van der Waals surface area contributed by atoms with Gasteiger partial charge in [0.2, 0.25) is 0 Å². The van der Waals surface area contributed by atoms with Crippen molar-refractivity contribution < 1.29 is 18.0 Å². The molecular formula is C32H27F3N8O. The SMILES string of the molecule is N#CCC1(n2cc(-c3ncnc4[nH]ccc34)cn2)CN(C2CCN(C(=O)c3ccc(-c4ccc(F)c(F)c4)c(F)c3)CC2)C1. The predicted molar refractivity (Wildman–Crippen MR) is 156 cm³/mol. The van der Waals surface area contributed by atoms with Crippen LogP contribution in [0.15, 0.2) is 67.4 Å². The molecule has 5 heterocycles. The van der Waals surface area contributed by atoms with Crippen molar-refractivity contribution in [1.29, 1.82) is 5.26 Å². The number of H-pyrrole nitrogens is 1. The molecule has 2 saturated heterocycles. The third-order valence-electron chi connectivity index (χ3n) is 8.81. The number of likely N-dealkylation sites (tertiary alicyclic amines) is 2. The van der Waals surface area contributed by atoms with E-state index in [4.69, 9.17) is 0 Å². The number of aromatic amines is 1. The maximum absolute atomic E-state index is 14.9. The molecule has 3 aromatic heterocycles. The van der Waals surface area contributed by atoms with Gasteiger partial charge in [0.05, 0.1) is 24.4 Å². The quantitative estimate of drug-likeness (QED) is 0.291. The smallest absolute Gasteiger partial charge is 0.253 e. The van der Waals surface area contributed by atoms with Gasteiger partial charge in [-0.05, 0) is 48.7 Å². The van der Waals surface area contributed by atoms with Crippen molar-refractivity contribution in [2.45, 2.75) is 30.8 Å². The Morgan fingerprint density at radius 1 is 1.00 bits per heavy atom. The van der Waals surface area contributed by atoms with Gasteiger partial charge >= 0.3 is 0 Å². The molecule has 12 heteroatoms. The van der Waals surface area contributed by atoms with E-state index in [0.717, 1.165) is 53.3 Å². The Balaban J connectivity index is 0.991. The van der Waals surface area contributed by atoms with Crippen LogP contribution in [0.1, 0.15) is 29.6 Å². The van der Waals surface area contributed by atoms with Crippen LogP contribution in [0.3, 0.4) is 0 Å². The van der Waals surface area contributed by atoms with E-state index in [-0.39, 0.29) is 28.6 Å². The molecule has 0 atom stereocenters. The summed E-state index contributed by atoms with van der Waals surface area (Å²) in [6.07, 6.45) is 8.87. The average Bonchev–Trinajstić information content (AvgIpc) is 3.71. The van der Waals surface area contributed by atoms with Crippen LogP contribution in [0.5, 0.6) is 0 Å². The maximum Gasteiger partial charge on any atom is 0.253 e. The molecule has 5 aromatic rings. The van der Waals surface area contributed by atoms with Crippen molar-refractivity contribution in [1.82, 2.24) is 34.5 Å². The molecule has 7 rings (SSSR count). The van der Waals surface area contributed by atoms with Gasteiger partial charge in [-0.25, -0.2) is 23.1 Å². The summed E-state index contributed by atoms with van der Waals surface area (Å²) in [5, 5.41) is 15.2. The van der Waals surface area contributed by atoms with Crippen molar-refractivity contribution in [3.63, 3.8) is 0 Å². The Bertz CT molecular complexity index is 1910. The number of benzene rings is 2. The fraction of sp³-hybridized carbons (Fsp3) is 0.281. The van der Waals surface area contributed by atoms with Gasteiger partial charge in [-0.15, -0.1) is 0 Å². The van der Waals surface area contributed by atoms with Gasteiger partial charge in [0.25, 0.3) is 5.91 Å². The summed E-state index contributed by atoms with van der Waals surface area (Å²) in [6.45, 7) is 2.37. The molecule has 222 valence electrons. The Morgan fingerprint density at radius 3 is 2.57 bits per heavy atom. The van der Waals surface area contributed by atoms with Gasteiger partial charge in [0.15, 0.2) is 11.6 Å². The van der Waals surface area contributed by atoms with Crippen molar-refractivity contribution in [3.05, 3.63) is 90.4 Å². The minimum Gasteiger partial charge on any atom is -0.346 e. The lowest BCUT2D eigenvalue weighted by atomic mass is 9.83. The van der Waals surface area contributed by atoms with Crippen molar-refractivity contribution in [3.8, 4) is 28.5 Å². The second kappa shape index (κ2) is 10.9. The number of nitrogens with one attached hydrogen (secondary N) is 1. The number of hydrogen-bond acceptors (Lipinski definition) is 6. The lowest BCUT2D eigenvalue weighted by Gasteiger charge is -2.53. The monoisotopic (exact) mass is 596 g/mol. The Kier molecular flexibility index (Phi) is 6.89. The summed E-state index contributed by atoms with van der Waals surface area (Å²) in [5.74, 6) is -3.02. The number of amides is 1. The number of piperidine rings is 1. The molecule has 44 heavy (non-hydrogen) atoms. The number of nitriles is 1. The molecule has 2 aromatic carbocycles. The van der Waals surface area contributed by atoms with Crippen LogP contribution in [0.2, 0.25) is 0 Å². The highest BCUT2D eigenvalue weighted by Gasteiger charge is 2.48. The molecule has 0 radical (unpaired) electrons. The number of halogens is 3. The zero-order valence-corrected chi connectivity index (χ0v) is 23.6. The number of aromatic nitrogens is 5. The van der Waals surface area contributed by atoms with E-state index in [1.807, 2.05) is 23.1 Å². The molecule has 9 nitrogen and oxygen atoms in total. The first-order valence-corrected chi connectivity index (χ1v) is 14.3. The van der Waals surface area contributed by atoms with E-state index in [0.29, 0.717) is 32.6 Å². The minimum atomic E-state index is -1.06. The first-order chi connectivity index (χ1) is 21.3. The Hall–Kier alpha value is -5.02. The maximum atomic E-state index is 14.9.